The van der Waals surface area contributed by atoms with Crippen molar-refractivity contribution in [2.75, 3.05) is 20.8 Å². The molecule has 1 fully saturated rings. The predicted octanol–water partition coefficient (Wildman–Crippen LogP) is 3.01. The second kappa shape index (κ2) is 9.01. The van der Waals surface area contributed by atoms with E-state index in [2.05, 4.69) is 4.98 Å². The number of hydrogen-bond acceptors (Lipinski definition) is 7. The summed E-state index contributed by atoms with van der Waals surface area (Å²) in [5.41, 5.74) is 0.234. The number of methoxy groups -OCH3 is 2. The first-order valence-corrected chi connectivity index (χ1v) is 10.0. The zero-order chi connectivity index (χ0) is 22.7. The lowest BCUT2D eigenvalue weighted by Gasteiger charge is -2.23. The summed E-state index contributed by atoms with van der Waals surface area (Å²) >= 11 is 0. The minimum absolute atomic E-state index is 0.0453. The molecule has 1 unspecified atom stereocenters. The van der Waals surface area contributed by atoms with E-state index in [0.29, 0.717) is 36.8 Å². The number of benzene rings is 1. The summed E-state index contributed by atoms with van der Waals surface area (Å²) in [6.45, 7) is 0.921. The summed E-state index contributed by atoms with van der Waals surface area (Å²) in [7, 11) is 2.96. The molecule has 9 heteroatoms. The number of carbonyl (C=O) groups excluding carboxylic acids is 2. The van der Waals surface area contributed by atoms with Crippen LogP contribution in [0.2, 0.25) is 0 Å². The highest BCUT2D eigenvalue weighted by molar-refractivity contribution is 6.46. The Morgan fingerprint density at radius 2 is 2.03 bits per heavy atom. The number of carbonyl (C=O) groups is 2. The number of imidazole rings is 1. The number of furan rings is 1. The second-order valence-corrected chi connectivity index (χ2v) is 7.23. The molecule has 1 aromatic carbocycles. The van der Waals surface area contributed by atoms with Crippen molar-refractivity contribution in [3.05, 3.63) is 72.2 Å². The Morgan fingerprint density at radius 1 is 1.19 bits per heavy atom. The van der Waals surface area contributed by atoms with Gasteiger partial charge in [-0.25, -0.2) is 4.98 Å². The van der Waals surface area contributed by atoms with Gasteiger partial charge in [-0.1, -0.05) is 0 Å². The van der Waals surface area contributed by atoms with Crippen LogP contribution in [0.4, 0.5) is 0 Å². The van der Waals surface area contributed by atoms with Gasteiger partial charge in [0, 0.05) is 31.5 Å². The molecule has 0 spiro atoms. The summed E-state index contributed by atoms with van der Waals surface area (Å²) in [5, 5.41) is 11.2. The summed E-state index contributed by atoms with van der Waals surface area (Å²) < 4.78 is 18.0. The quantitative estimate of drug-likeness (QED) is 0.328. The molecule has 0 bridgehead atoms. The Bertz CT molecular complexity index is 1130. The van der Waals surface area contributed by atoms with E-state index in [1.807, 2.05) is 10.8 Å². The molecule has 9 nitrogen and oxygen atoms in total. The maximum atomic E-state index is 13.0. The van der Waals surface area contributed by atoms with Crippen LogP contribution < -0.4 is 9.47 Å². The van der Waals surface area contributed by atoms with E-state index in [9.17, 15) is 14.7 Å². The van der Waals surface area contributed by atoms with Crippen molar-refractivity contribution >= 4 is 17.4 Å². The van der Waals surface area contributed by atoms with Gasteiger partial charge in [0.25, 0.3) is 11.7 Å². The van der Waals surface area contributed by atoms with Gasteiger partial charge in [0.2, 0.25) is 0 Å². The Kier molecular flexibility index (Phi) is 5.98. The van der Waals surface area contributed by atoms with Crippen LogP contribution in [-0.4, -0.2) is 52.0 Å². The monoisotopic (exact) mass is 437 g/mol. The van der Waals surface area contributed by atoms with E-state index >= 15 is 0 Å². The minimum atomic E-state index is -0.848. The first-order valence-electron chi connectivity index (χ1n) is 10.0. The van der Waals surface area contributed by atoms with Crippen LogP contribution in [0.1, 0.15) is 23.8 Å². The molecule has 0 radical (unpaired) electrons. The lowest BCUT2D eigenvalue weighted by Crippen LogP contribution is -2.31. The number of amides is 1. The second-order valence-electron chi connectivity index (χ2n) is 7.23. The Labute approximate surface area is 184 Å². The number of likely N-dealkylation sites (tertiary alicyclic amines) is 1. The molecule has 3 aromatic rings. The Balaban J connectivity index is 1.73. The van der Waals surface area contributed by atoms with Crippen molar-refractivity contribution in [1.29, 1.82) is 0 Å². The summed E-state index contributed by atoms with van der Waals surface area (Å²) in [4.78, 5) is 31.4. The van der Waals surface area contributed by atoms with Crippen molar-refractivity contribution in [2.24, 2.45) is 0 Å². The maximum Gasteiger partial charge on any atom is 0.295 e. The normalized spacial score (nSPS) is 17.7. The van der Waals surface area contributed by atoms with Gasteiger partial charge in [-0.15, -0.1) is 0 Å². The van der Waals surface area contributed by atoms with Crippen molar-refractivity contribution in [2.45, 2.75) is 19.0 Å². The molecule has 1 atom stereocenters. The third-order valence-corrected chi connectivity index (χ3v) is 5.39. The Morgan fingerprint density at radius 3 is 2.69 bits per heavy atom. The van der Waals surface area contributed by atoms with Gasteiger partial charge in [-0.3, -0.25) is 9.59 Å². The van der Waals surface area contributed by atoms with Crippen molar-refractivity contribution < 1.29 is 28.6 Å². The van der Waals surface area contributed by atoms with Gasteiger partial charge >= 0.3 is 0 Å². The molecule has 1 aliphatic heterocycles. The standard InChI is InChI=1S/C23H23N3O6/c1-30-15-6-7-16(18(13-15)31-2)21(27)19-20(17-5-3-12-32-17)26(23(29)22(19)28)10-4-9-25-11-8-24-14-25/h3,5-8,11-14,20,27H,4,9-10H2,1-2H3. The number of nitrogens with zero attached hydrogens (tertiary/aromatic N) is 3. The fourth-order valence-electron chi connectivity index (χ4n) is 3.84. The van der Waals surface area contributed by atoms with E-state index in [-0.39, 0.29) is 16.9 Å². The number of ketones is 1. The average Bonchev–Trinajstić information content (AvgIpc) is 3.57. The summed E-state index contributed by atoms with van der Waals surface area (Å²) in [6, 6.07) is 7.32. The summed E-state index contributed by atoms with van der Waals surface area (Å²) in [6.07, 6.45) is 7.25. The van der Waals surface area contributed by atoms with Crippen LogP contribution in [0.3, 0.4) is 0 Å². The lowest BCUT2D eigenvalue weighted by atomic mass is 9.98. The fourth-order valence-corrected chi connectivity index (χ4v) is 3.84. The molecule has 1 N–H and O–H groups in total. The van der Waals surface area contributed by atoms with Crippen molar-refractivity contribution in [1.82, 2.24) is 14.5 Å². The smallest absolute Gasteiger partial charge is 0.295 e. The largest absolute Gasteiger partial charge is 0.507 e. The number of aryl methyl sites for hydroxylation is 1. The third-order valence-electron chi connectivity index (χ3n) is 5.39. The molecule has 1 aliphatic rings. The molecule has 1 saturated heterocycles. The number of Topliss-reactive ketones (excluding diaryl/α,β-unsaturated/α-hetero) is 1. The number of aromatic nitrogens is 2. The van der Waals surface area contributed by atoms with Crippen LogP contribution in [0.5, 0.6) is 11.5 Å². The molecule has 3 heterocycles. The van der Waals surface area contributed by atoms with Gasteiger partial charge in [-0.2, -0.15) is 0 Å². The number of rotatable bonds is 8. The van der Waals surface area contributed by atoms with Gasteiger partial charge in [0.05, 0.1) is 37.9 Å². The number of ether oxygens (including phenoxy) is 2. The highest BCUT2D eigenvalue weighted by Gasteiger charge is 2.47. The average molecular weight is 437 g/mol. The molecule has 2 aromatic heterocycles. The van der Waals surface area contributed by atoms with E-state index in [1.54, 1.807) is 42.9 Å². The van der Waals surface area contributed by atoms with Crippen LogP contribution in [0.25, 0.3) is 5.76 Å². The van der Waals surface area contributed by atoms with Crippen molar-refractivity contribution in [3.8, 4) is 11.5 Å². The number of aliphatic hydroxyl groups excluding tert-OH is 1. The van der Waals surface area contributed by atoms with Gasteiger partial charge in [0.1, 0.15) is 29.1 Å². The highest BCUT2D eigenvalue weighted by atomic mass is 16.5. The molecule has 4 rings (SSSR count). The van der Waals surface area contributed by atoms with Gasteiger partial charge in [-0.05, 0) is 30.7 Å². The van der Waals surface area contributed by atoms with Crippen LogP contribution >= 0.6 is 0 Å². The molecule has 166 valence electrons. The molecule has 32 heavy (non-hydrogen) atoms. The van der Waals surface area contributed by atoms with E-state index in [4.69, 9.17) is 13.9 Å². The third kappa shape index (κ3) is 3.84. The number of hydrogen-bond donors (Lipinski definition) is 1. The zero-order valence-electron chi connectivity index (χ0n) is 17.7. The SMILES string of the molecule is COc1ccc(C(O)=C2C(=O)C(=O)N(CCCn3ccnc3)C2c2ccco2)c(OC)c1. The number of aliphatic hydroxyl groups is 1. The molecular weight excluding hydrogens is 414 g/mol. The highest BCUT2D eigenvalue weighted by Crippen LogP contribution is 2.41. The van der Waals surface area contributed by atoms with Crippen molar-refractivity contribution in [3.63, 3.8) is 0 Å². The van der Waals surface area contributed by atoms with Crippen LogP contribution in [0.15, 0.2) is 65.3 Å². The maximum absolute atomic E-state index is 13.0. The molecule has 1 amide bonds. The Hall–Kier alpha value is -4.01. The van der Waals surface area contributed by atoms with Gasteiger partial charge in [0.15, 0.2) is 0 Å². The minimum Gasteiger partial charge on any atom is -0.507 e. The van der Waals surface area contributed by atoms with Crippen LogP contribution in [0, 0.1) is 0 Å². The van der Waals surface area contributed by atoms with E-state index in [1.165, 1.54) is 25.4 Å². The molecular formula is C23H23N3O6. The first-order chi connectivity index (χ1) is 15.5. The topological polar surface area (TPSA) is 107 Å². The molecule has 0 saturated carbocycles. The van der Waals surface area contributed by atoms with E-state index < -0.39 is 17.7 Å². The summed E-state index contributed by atoms with van der Waals surface area (Å²) in [5.74, 6) is -0.565. The first kappa shape index (κ1) is 21.2. The zero-order valence-corrected chi connectivity index (χ0v) is 17.7. The van der Waals surface area contributed by atoms with Crippen LogP contribution in [-0.2, 0) is 16.1 Å². The fraction of sp³-hybridized carbons (Fsp3) is 0.261. The molecule has 0 aliphatic carbocycles. The van der Waals surface area contributed by atoms with Gasteiger partial charge < -0.3 is 28.5 Å². The lowest BCUT2D eigenvalue weighted by molar-refractivity contribution is -0.140. The predicted molar refractivity (Wildman–Crippen MR) is 114 cm³/mol. The van der Waals surface area contributed by atoms with E-state index in [0.717, 1.165) is 0 Å².